The van der Waals surface area contributed by atoms with Crippen LogP contribution in [0.3, 0.4) is 0 Å². The maximum atomic E-state index is 12.6. The molecule has 0 unspecified atom stereocenters. The van der Waals surface area contributed by atoms with E-state index in [1.165, 1.54) is 21.1 Å². The van der Waals surface area contributed by atoms with Crippen molar-refractivity contribution in [2.75, 3.05) is 13.1 Å². The average Bonchev–Trinajstić information content (AvgIpc) is 3.34. The van der Waals surface area contributed by atoms with Gasteiger partial charge in [-0.15, -0.1) is 0 Å². The van der Waals surface area contributed by atoms with Gasteiger partial charge in [-0.2, -0.15) is 9.29 Å². The Bertz CT molecular complexity index is 1130. The third-order valence-corrected chi connectivity index (χ3v) is 6.70. The normalized spacial score (nSPS) is 11.8. The molecule has 0 amide bonds. The molecule has 2 aromatic heterocycles. The molecule has 3 aromatic rings. The van der Waals surface area contributed by atoms with Crippen LogP contribution in [-0.4, -0.2) is 46.5 Å². The number of aryl methyl sites for hydroxylation is 1. The molecular weight excluding hydrogens is 432 g/mol. The van der Waals surface area contributed by atoms with Gasteiger partial charge in [-0.05, 0) is 30.3 Å². The zero-order valence-electron chi connectivity index (χ0n) is 16.7. The monoisotopic (exact) mass is 452 g/mol. The first kappa shape index (κ1) is 22.0. The Kier molecular flexibility index (Phi) is 6.59. The number of ether oxygens (including phenoxy) is 1. The summed E-state index contributed by atoms with van der Waals surface area (Å²) in [6, 6.07) is 8.18. The van der Waals surface area contributed by atoms with Gasteiger partial charge in [0.1, 0.15) is 10.6 Å². The number of nitrogens with zero attached hydrogens (tertiary/aromatic N) is 4. The van der Waals surface area contributed by atoms with Gasteiger partial charge in [0.25, 0.3) is 5.89 Å². The van der Waals surface area contributed by atoms with Crippen molar-refractivity contribution in [2.45, 2.75) is 25.3 Å². The van der Waals surface area contributed by atoms with Crippen LogP contribution in [0.5, 0.6) is 0 Å². The van der Waals surface area contributed by atoms with Crippen molar-refractivity contribution >= 4 is 27.6 Å². The Labute approximate surface area is 179 Å². The lowest BCUT2D eigenvalue weighted by Gasteiger charge is -2.17. The number of hydrogen-bond donors (Lipinski definition) is 0. The van der Waals surface area contributed by atoms with Crippen molar-refractivity contribution in [1.29, 1.82) is 0 Å². The Balaban J connectivity index is 1.70. The first-order valence-corrected chi connectivity index (χ1v) is 11.0. The fraction of sp³-hybridized carbons (Fsp3) is 0.316. The highest BCUT2D eigenvalue weighted by atomic mass is 35.5. The molecule has 0 atom stereocenters. The predicted molar refractivity (Wildman–Crippen MR) is 109 cm³/mol. The van der Waals surface area contributed by atoms with Crippen LogP contribution in [-0.2, 0) is 28.4 Å². The predicted octanol–water partition coefficient (Wildman–Crippen LogP) is 3.12. The van der Waals surface area contributed by atoms with Crippen LogP contribution in [0.1, 0.15) is 30.2 Å². The lowest BCUT2D eigenvalue weighted by atomic mass is 10.2. The molecule has 0 fully saturated rings. The number of hydrogen-bond acceptors (Lipinski definition) is 7. The fourth-order valence-corrected chi connectivity index (χ4v) is 4.48. The third kappa shape index (κ3) is 4.55. The second-order valence-electron chi connectivity index (χ2n) is 6.36. The molecule has 0 N–H and O–H groups in total. The molecule has 2 heterocycles. The van der Waals surface area contributed by atoms with Gasteiger partial charge < -0.3 is 13.8 Å². The molecule has 0 aliphatic heterocycles. The van der Waals surface area contributed by atoms with Crippen LogP contribution in [0.2, 0.25) is 5.02 Å². The highest BCUT2D eigenvalue weighted by Gasteiger charge is 2.26. The first-order chi connectivity index (χ1) is 14.3. The summed E-state index contributed by atoms with van der Waals surface area (Å²) in [7, 11) is -2.11. The van der Waals surface area contributed by atoms with Gasteiger partial charge in [-0.25, -0.2) is 13.2 Å². The summed E-state index contributed by atoms with van der Waals surface area (Å²) in [6.45, 7) is 3.92. The van der Waals surface area contributed by atoms with E-state index >= 15 is 0 Å². The van der Waals surface area contributed by atoms with Crippen molar-refractivity contribution in [1.82, 2.24) is 19.0 Å². The molecule has 0 aliphatic carbocycles. The van der Waals surface area contributed by atoms with E-state index in [1.807, 2.05) is 0 Å². The summed E-state index contributed by atoms with van der Waals surface area (Å²) in [5.41, 5.74) is 0.799. The molecule has 11 heteroatoms. The van der Waals surface area contributed by atoms with Crippen LogP contribution in [0.25, 0.3) is 11.4 Å². The van der Waals surface area contributed by atoms with Gasteiger partial charge >= 0.3 is 5.97 Å². The van der Waals surface area contributed by atoms with Gasteiger partial charge in [0.15, 0.2) is 6.61 Å². The first-order valence-electron chi connectivity index (χ1n) is 9.18. The van der Waals surface area contributed by atoms with E-state index in [1.54, 1.807) is 45.2 Å². The molecule has 160 valence electrons. The van der Waals surface area contributed by atoms with Crippen molar-refractivity contribution in [3.05, 3.63) is 53.1 Å². The number of rotatable bonds is 8. The second kappa shape index (κ2) is 8.99. The Morgan fingerprint density at radius 2 is 1.90 bits per heavy atom. The Morgan fingerprint density at radius 1 is 1.23 bits per heavy atom. The van der Waals surface area contributed by atoms with E-state index in [0.717, 1.165) is 0 Å². The highest BCUT2D eigenvalue weighted by Crippen LogP contribution is 2.21. The summed E-state index contributed by atoms with van der Waals surface area (Å²) < 4.78 is 38.3. The van der Waals surface area contributed by atoms with E-state index in [2.05, 4.69) is 10.1 Å². The minimum absolute atomic E-state index is 0.0310. The zero-order chi connectivity index (χ0) is 21.9. The molecule has 1 aromatic carbocycles. The standard InChI is InChI=1S/C19H21ClN4O5S/c1-4-24(5-2)30(26,27)15-10-16(23(3)11-15)19(25)28-12-17-21-18(22-29-17)13-6-8-14(20)9-7-13/h6-11H,4-5,12H2,1-3H3. The topological polar surface area (TPSA) is 108 Å². The van der Waals surface area contributed by atoms with Gasteiger partial charge in [0.2, 0.25) is 15.8 Å². The molecule has 9 nitrogen and oxygen atoms in total. The number of esters is 1. The van der Waals surface area contributed by atoms with Crippen LogP contribution in [0.15, 0.2) is 45.9 Å². The van der Waals surface area contributed by atoms with Crippen LogP contribution < -0.4 is 0 Å². The summed E-state index contributed by atoms with van der Waals surface area (Å²) in [5.74, 6) is -0.257. The van der Waals surface area contributed by atoms with Crippen molar-refractivity contribution in [3.63, 3.8) is 0 Å². The molecular formula is C19H21ClN4O5S. The van der Waals surface area contributed by atoms with Crippen molar-refractivity contribution < 1.29 is 22.5 Å². The summed E-state index contributed by atoms with van der Waals surface area (Å²) in [4.78, 5) is 16.7. The lowest BCUT2D eigenvalue weighted by Crippen LogP contribution is -2.30. The van der Waals surface area contributed by atoms with Crippen LogP contribution in [0, 0.1) is 0 Å². The number of carbonyl (C=O) groups excluding carboxylic acids is 1. The van der Waals surface area contributed by atoms with E-state index < -0.39 is 16.0 Å². The Morgan fingerprint density at radius 3 is 2.53 bits per heavy atom. The summed E-state index contributed by atoms with van der Waals surface area (Å²) >= 11 is 5.86. The maximum Gasteiger partial charge on any atom is 0.355 e. The molecule has 0 saturated heterocycles. The summed E-state index contributed by atoms with van der Waals surface area (Å²) in [5, 5.41) is 4.43. The van der Waals surface area contributed by atoms with Crippen LogP contribution in [0.4, 0.5) is 0 Å². The number of halogens is 1. The minimum atomic E-state index is -3.68. The SMILES string of the molecule is CCN(CC)S(=O)(=O)c1cc(C(=O)OCc2nc(-c3ccc(Cl)cc3)no2)n(C)c1. The van der Waals surface area contributed by atoms with Gasteiger partial charge in [-0.3, -0.25) is 0 Å². The number of aromatic nitrogens is 3. The zero-order valence-corrected chi connectivity index (χ0v) is 18.3. The second-order valence-corrected chi connectivity index (χ2v) is 8.73. The summed E-state index contributed by atoms with van der Waals surface area (Å²) in [6.07, 6.45) is 1.38. The molecule has 0 radical (unpaired) electrons. The molecule has 30 heavy (non-hydrogen) atoms. The van der Waals surface area contributed by atoms with Gasteiger partial charge in [-0.1, -0.05) is 30.6 Å². The highest BCUT2D eigenvalue weighted by molar-refractivity contribution is 7.89. The minimum Gasteiger partial charge on any atom is -0.451 e. The molecule has 0 bridgehead atoms. The number of benzene rings is 1. The van der Waals surface area contributed by atoms with E-state index in [9.17, 15) is 13.2 Å². The van der Waals surface area contributed by atoms with Crippen molar-refractivity contribution in [2.24, 2.45) is 7.05 Å². The number of carbonyl (C=O) groups is 1. The van der Waals surface area contributed by atoms with E-state index in [4.69, 9.17) is 20.9 Å². The maximum absolute atomic E-state index is 12.6. The smallest absolute Gasteiger partial charge is 0.355 e. The molecule has 3 rings (SSSR count). The van der Waals surface area contributed by atoms with Gasteiger partial charge in [0, 0.05) is 36.9 Å². The van der Waals surface area contributed by atoms with E-state index in [-0.39, 0.29) is 23.1 Å². The lowest BCUT2D eigenvalue weighted by molar-refractivity contribution is 0.0418. The average molecular weight is 453 g/mol. The largest absolute Gasteiger partial charge is 0.451 e. The molecule has 0 aliphatic rings. The van der Waals surface area contributed by atoms with Crippen molar-refractivity contribution in [3.8, 4) is 11.4 Å². The van der Waals surface area contributed by atoms with E-state index in [0.29, 0.717) is 29.5 Å². The molecule has 0 spiro atoms. The molecule has 0 saturated carbocycles. The fourth-order valence-electron chi connectivity index (χ4n) is 2.82. The van der Waals surface area contributed by atoms with Crippen LogP contribution >= 0.6 is 11.6 Å². The number of sulfonamides is 1. The third-order valence-electron chi connectivity index (χ3n) is 4.43. The Hall–Kier alpha value is -2.69. The van der Waals surface area contributed by atoms with Gasteiger partial charge in [0.05, 0.1) is 0 Å². The quantitative estimate of drug-likeness (QED) is 0.483.